The number of benzene rings is 2. The Balaban J connectivity index is 2.15. The van der Waals surface area contributed by atoms with Crippen molar-refractivity contribution in [1.29, 1.82) is 0 Å². The van der Waals surface area contributed by atoms with Crippen LogP contribution in [0.15, 0.2) is 53.6 Å². The van der Waals surface area contributed by atoms with Crippen molar-refractivity contribution in [1.82, 2.24) is 0 Å². The fraction of sp³-hybridized carbons (Fsp3) is 0.0667. The zero-order valence-electron chi connectivity index (χ0n) is 11.7. The summed E-state index contributed by atoms with van der Waals surface area (Å²) in [5, 5.41) is 14.7. The van der Waals surface area contributed by atoms with Crippen molar-refractivity contribution < 1.29 is 14.5 Å². The topological polar surface area (TPSA) is 93.8 Å². The zero-order valence-corrected chi connectivity index (χ0v) is 11.7. The summed E-state index contributed by atoms with van der Waals surface area (Å²) in [6, 6.07) is 12.8. The molecule has 112 valence electrons. The number of hydrogen-bond donors (Lipinski definition) is 1. The number of nitro benzene ring substituents is 1. The van der Waals surface area contributed by atoms with Crippen LogP contribution in [0.3, 0.4) is 0 Å². The molecule has 0 heterocycles. The van der Waals surface area contributed by atoms with Gasteiger partial charge in [-0.05, 0) is 12.1 Å². The van der Waals surface area contributed by atoms with Gasteiger partial charge in [0.15, 0.2) is 0 Å². The standard InChI is InChI=1S/C15H13N3O4/c1-22-15(19)14-8-3-2-5-11(14)10-16-17-12-6-4-7-13(9-12)18(20)21/h2-10,17H,1H3/b16-10-. The van der Waals surface area contributed by atoms with E-state index in [1.54, 1.807) is 36.4 Å². The van der Waals surface area contributed by atoms with E-state index < -0.39 is 10.9 Å². The SMILES string of the molecule is COC(=O)c1ccccc1/C=N\Nc1cccc([N+](=O)[O-])c1. The third kappa shape index (κ3) is 3.66. The Morgan fingerprint density at radius 2 is 2.05 bits per heavy atom. The number of ether oxygens (including phenoxy) is 1. The molecule has 0 spiro atoms. The van der Waals surface area contributed by atoms with Crippen LogP contribution in [-0.2, 0) is 4.74 Å². The molecule has 2 aromatic carbocycles. The van der Waals surface area contributed by atoms with E-state index in [0.717, 1.165) is 0 Å². The van der Waals surface area contributed by atoms with E-state index in [9.17, 15) is 14.9 Å². The molecule has 0 amide bonds. The summed E-state index contributed by atoms with van der Waals surface area (Å²) in [7, 11) is 1.30. The van der Waals surface area contributed by atoms with Gasteiger partial charge in [0.25, 0.3) is 5.69 Å². The minimum atomic E-state index is -0.485. The maximum atomic E-state index is 11.6. The Hall–Kier alpha value is -3.22. The van der Waals surface area contributed by atoms with Crippen LogP contribution >= 0.6 is 0 Å². The Morgan fingerprint density at radius 1 is 1.27 bits per heavy atom. The first-order chi connectivity index (χ1) is 10.6. The van der Waals surface area contributed by atoms with E-state index in [1.165, 1.54) is 25.5 Å². The Bertz CT molecular complexity index is 728. The molecule has 0 aliphatic rings. The van der Waals surface area contributed by atoms with Crippen molar-refractivity contribution in [3.8, 4) is 0 Å². The molecular weight excluding hydrogens is 286 g/mol. The van der Waals surface area contributed by atoms with Gasteiger partial charge in [-0.1, -0.05) is 24.3 Å². The molecule has 0 atom stereocenters. The molecule has 2 aromatic rings. The summed E-state index contributed by atoms with van der Waals surface area (Å²) in [5.74, 6) is -0.461. The van der Waals surface area contributed by atoms with Crippen molar-refractivity contribution in [2.45, 2.75) is 0 Å². The molecule has 0 aliphatic heterocycles. The van der Waals surface area contributed by atoms with Gasteiger partial charge in [-0.2, -0.15) is 5.10 Å². The average molecular weight is 299 g/mol. The number of esters is 1. The number of carbonyl (C=O) groups excluding carboxylic acids is 1. The molecule has 7 nitrogen and oxygen atoms in total. The zero-order chi connectivity index (χ0) is 15.9. The van der Waals surface area contributed by atoms with Crippen LogP contribution in [0.1, 0.15) is 15.9 Å². The van der Waals surface area contributed by atoms with Gasteiger partial charge < -0.3 is 4.74 Å². The van der Waals surface area contributed by atoms with Crippen LogP contribution in [0.4, 0.5) is 11.4 Å². The second kappa shape index (κ2) is 6.98. The molecule has 1 N–H and O–H groups in total. The first kappa shape index (κ1) is 15.2. The van der Waals surface area contributed by atoms with Crippen LogP contribution in [-0.4, -0.2) is 24.2 Å². The number of rotatable bonds is 5. The lowest BCUT2D eigenvalue weighted by Gasteiger charge is -2.03. The highest BCUT2D eigenvalue weighted by molar-refractivity contribution is 5.99. The fourth-order valence-corrected chi connectivity index (χ4v) is 1.77. The minimum Gasteiger partial charge on any atom is -0.465 e. The average Bonchev–Trinajstić information content (AvgIpc) is 2.55. The van der Waals surface area contributed by atoms with Crippen molar-refractivity contribution in [2.24, 2.45) is 5.10 Å². The highest BCUT2D eigenvalue weighted by Gasteiger charge is 2.09. The molecule has 22 heavy (non-hydrogen) atoms. The van der Waals surface area contributed by atoms with Gasteiger partial charge in [-0.25, -0.2) is 4.79 Å². The lowest BCUT2D eigenvalue weighted by Crippen LogP contribution is -2.05. The monoisotopic (exact) mass is 299 g/mol. The van der Waals surface area contributed by atoms with Crippen molar-refractivity contribution in [2.75, 3.05) is 12.5 Å². The lowest BCUT2D eigenvalue weighted by atomic mass is 10.1. The van der Waals surface area contributed by atoms with Crippen molar-refractivity contribution >= 4 is 23.6 Å². The molecule has 0 unspecified atom stereocenters. The van der Waals surface area contributed by atoms with Crippen molar-refractivity contribution in [3.63, 3.8) is 0 Å². The van der Waals surface area contributed by atoms with E-state index in [2.05, 4.69) is 15.3 Å². The molecule has 0 bridgehead atoms. The fourth-order valence-electron chi connectivity index (χ4n) is 1.77. The third-order valence-electron chi connectivity index (χ3n) is 2.82. The summed E-state index contributed by atoms with van der Waals surface area (Å²) < 4.78 is 4.69. The minimum absolute atomic E-state index is 0.0323. The van der Waals surface area contributed by atoms with E-state index in [-0.39, 0.29) is 5.69 Å². The second-order valence-corrected chi connectivity index (χ2v) is 4.26. The number of non-ortho nitro benzene ring substituents is 1. The molecule has 7 heteroatoms. The smallest absolute Gasteiger partial charge is 0.338 e. The maximum Gasteiger partial charge on any atom is 0.338 e. The number of nitrogens with one attached hydrogen (secondary N) is 1. The molecule has 0 aromatic heterocycles. The third-order valence-corrected chi connectivity index (χ3v) is 2.82. The molecule has 0 saturated heterocycles. The Labute approximate surface area is 126 Å². The normalized spacial score (nSPS) is 10.4. The number of anilines is 1. The summed E-state index contributed by atoms with van der Waals surface area (Å²) in [4.78, 5) is 21.8. The largest absolute Gasteiger partial charge is 0.465 e. The van der Waals surface area contributed by atoms with Gasteiger partial charge in [-0.15, -0.1) is 0 Å². The van der Waals surface area contributed by atoms with E-state index in [4.69, 9.17) is 0 Å². The highest BCUT2D eigenvalue weighted by atomic mass is 16.6. The molecule has 0 saturated carbocycles. The van der Waals surface area contributed by atoms with Gasteiger partial charge in [-0.3, -0.25) is 15.5 Å². The number of hydrogen-bond acceptors (Lipinski definition) is 6. The summed E-state index contributed by atoms with van der Waals surface area (Å²) in [6.45, 7) is 0. The van der Waals surface area contributed by atoms with Crippen LogP contribution in [0.5, 0.6) is 0 Å². The quantitative estimate of drug-likeness (QED) is 0.396. The van der Waals surface area contributed by atoms with Crippen LogP contribution in [0, 0.1) is 10.1 Å². The van der Waals surface area contributed by atoms with Crippen LogP contribution in [0.25, 0.3) is 0 Å². The maximum absolute atomic E-state index is 11.6. The van der Waals surface area contributed by atoms with Crippen molar-refractivity contribution in [3.05, 3.63) is 69.8 Å². The molecule has 0 radical (unpaired) electrons. The second-order valence-electron chi connectivity index (χ2n) is 4.26. The first-order valence-electron chi connectivity index (χ1n) is 6.32. The molecule has 0 fully saturated rings. The highest BCUT2D eigenvalue weighted by Crippen LogP contribution is 2.17. The number of carbonyl (C=O) groups is 1. The van der Waals surface area contributed by atoms with Gasteiger partial charge in [0.05, 0.1) is 29.5 Å². The van der Waals surface area contributed by atoms with Crippen LogP contribution < -0.4 is 5.43 Å². The predicted octanol–water partition coefficient (Wildman–Crippen LogP) is 2.83. The predicted molar refractivity (Wildman–Crippen MR) is 82.1 cm³/mol. The molecular formula is C15H13N3O4. The number of methoxy groups -OCH3 is 1. The molecule has 2 rings (SSSR count). The van der Waals surface area contributed by atoms with Gasteiger partial charge in [0.2, 0.25) is 0 Å². The molecule has 0 aliphatic carbocycles. The van der Waals surface area contributed by atoms with Crippen LogP contribution in [0.2, 0.25) is 0 Å². The van der Waals surface area contributed by atoms with Gasteiger partial charge >= 0.3 is 5.97 Å². The number of hydrazone groups is 1. The Kier molecular flexibility index (Phi) is 4.81. The number of nitro groups is 1. The number of nitrogens with zero attached hydrogens (tertiary/aromatic N) is 2. The van der Waals surface area contributed by atoms with E-state index in [1.807, 2.05) is 0 Å². The first-order valence-corrected chi connectivity index (χ1v) is 6.32. The summed E-state index contributed by atoms with van der Waals surface area (Å²) in [5.41, 5.74) is 4.09. The van der Waals surface area contributed by atoms with E-state index in [0.29, 0.717) is 16.8 Å². The Morgan fingerprint density at radius 3 is 2.77 bits per heavy atom. The summed E-state index contributed by atoms with van der Waals surface area (Å²) >= 11 is 0. The lowest BCUT2D eigenvalue weighted by molar-refractivity contribution is -0.384. The van der Waals surface area contributed by atoms with Gasteiger partial charge in [0, 0.05) is 17.7 Å². The van der Waals surface area contributed by atoms with Gasteiger partial charge in [0.1, 0.15) is 0 Å². The summed E-state index contributed by atoms with van der Waals surface area (Å²) in [6.07, 6.45) is 1.45. The van der Waals surface area contributed by atoms with E-state index >= 15 is 0 Å².